The van der Waals surface area contributed by atoms with Crippen LogP contribution in [0.3, 0.4) is 0 Å². The van der Waals surface area contributed by atoms with Crippen molar-refractivity contribution in [3.63, 3.8) is 0 Å². The standard InChI is InChI=1S/C11H20F2N2O/c12-11(13)8-16-6-5-15-4-3-14-10(7-15)9-1-2-9/h9-11,14H,1-8H2. The van der Waals surface area contributed by atoms with E-state index in [4.69, 9.17) is 4.74 Å². The second kappa shape index (κ2) is 5.89. The molecule has 1 aliphatic heterocycles. The molecule has 5 heteroatoms. The smallest absolute Gasteiger partial charge is 0.261 e. The molecule has 16 heavy (non-hydrogen) atoms. The van der Waals surface area contributed by atoms with Crippen LogP contribution in [0.5, 0.6) is 0 Å². The largest absolute Gasteiger partial charge is 0.374 e. The Morgan fingerprint density at radius 1 is 1.38 bits per heavy atom. The van der Waals surface area contributed by atoms with Crippen molar-refractivity contribution in [3.8, 4) is 0 Å². The molecule has 0 spiro atoms. The molecule has 0 aromatic rings. The number of ether oxygens (including phenoxy) is 1. The van der Waals surface area contributed by atoms with Gasteiger partial charge in [-0.25, -0.2) is 8.78 Å². The van der Waals surface area contributed by atoms with Gasteiger partial charge in [0, 0.05) is 32.2 Å². The zero-order chi connectivity index (χ0) is 11.4. The predicted molar refractivity (Wildman–Crippen MR) is 57.8 cm³/mol. The number of nitrogens with zero attached hydrogens (tertiary/aromatic N) is 1. The van der Waals surface area contributed by atoms with Gasteiger partial charge in [0.1, 0.15) is 6.61 Å². The lowest BCUT2D eigenvalue weighted by atomic mass is 10.1. The van der Waals surface area contributed by atoms with Crippen LogP contribution in [0.1, 0.15) is 12.8 Å². The molecule has 1 heterocycles. The molecule has 0 aromatic carbocycles. The fraction of sp³-hybridized carbons (Fsp3) is 1.00. The third kappa shape index (κ3) is 3.96. The molecule has 0 radical (unpaired) electrons. The maximum Gasteiger partial charge on any atom is 0.261 e. The van der Waals surface area contributed by atoms with Crippen LogP contribution in [0.2, 0.25) is 0 Å². The van der Waals surface area contributed by atoms with Gasteiger partial charge in [-0.2, -0.15) is 0 Å². The number of hydrogen-bond acceptors (Lipinski definition) is 3. The Hall–Kier alpha value is -0.260. The highest BCUT2D eigenvalue weighted by Gasteiger charge is 2.33. The highest BCUT2D eigenvalue weighted by Crippen LogP contribution is 2.33. The number of rotatable bonds is 6. The molecule has 1 saturated carbocycles. The zero-order valence-corrected chi connectivity index (χ0v) is 9.50. The fourth-order valence-corrected chi connectivity index (χ4v) is 2.23. The summed E-state index contributed by atoms with van der Waals surface area (Å²) >= 11 is 0. The van der Waals surface area contributed by atoms with Crippen LogP contribution >= 0.6 is 0 Å². The van der Waals surface area contributed by atoms with E-state index in [2.05, 4.69) is 10.2 Å². The van der Waals surface area contributed by atoms with Gasteiger partial charge in [0.05, 0.1) is 6.61 Å². The second-order valence-electron chi connectivity index (χ2n) is 4.66. The summed E-state index contributed by atoms with van der Waals surface area (Å²) in [7, 11) is 0. The third-order valence-electron chi connectivity index (χ3n) is 3.28. The van der Waals surface area contributed by atoms with Crippen molar-refractivity contribution in [2.75, 3.05) is 39.4 Å². The Morgan fingerprint density at radius 3 is 2.88 bits per heavy atom. The summed E-state index contributed by atoms with van der Waals surface area (Å²) in [5.41, 5.74) is 0. The van der Waals surface area contributed by atoms with Gasteiger partial charge < -0.3 is 10.1 Å². The van der Waals surface area contributed by atoms with Crippen LogP contribution in [0.4, 0.5) is 8.78 Å². The summed E-state index contributed by atoms with van der Waals surface area (Å²) in [6.45, 7) is 3.82. The van der Waals surface area contributed by atoms with E-state index in [0.29, 0.717) is 12.6 Å². The minimum Gasteiger partial charge on any atom is -0.374 e. The molecule has 2 fully saturated rings. The Labute approximate surface area is 95.1 Å². The summed E-state index contributed by atoms with van der Waals surface area (Å²) in [5, 5.41) is 3.52. The number of piperazine rings is 1. The monoisotopic (exact) mass is 234 g/mol. The molecule has 2 rings (SSSR count). The first kappa shape index (κ1) is 12.2. The van der Waals surface area contributed by atoms with Crippen molar-refractivity contribution in [3.05, 3.63) is 0 Å². The average molecular weight is 234 g/mol. The fourth-order valence-electron chi connectivity index (χ4n) is 2.23. The first-order valence-corrected chi connectivity index (χ1v) is 6.07. The van der Waals surface area contributed by atoms with E-state index in [1.807, 2.05) is 0 Å². The van der Waals surface area contributed by atoms with E-state index >= 15 is 0 Å². The first-order valence-electron chi connectivity index (χ1n) is 6.07. The highest BCUT2D eigenvalue weighted by atomic mass is 19.3. The van der Waals surface area contributed by atoms with Crippen LogP contribution in [0.25, 0.3) is 0 Å². The van der Waals surface area contributed by atoms with Crippen molar-refractivity contribution in [2.45, 2.75) is 25.3 Å². The Kier molecular flexibility index (Phi) is 4.49. The summed E-state index contributed by atoms with van der Waals surface area (Å²) in [6.07, 6.45) is 0.336. The topological polar surface area (TPSA) is 24.5 Å². The Morgan fingerprint density at radius 2 is 2.19 bits per heavy atom. The average Bonchev–Trinajstić information content (AvgIpc) is 3.08. The molecule has 0 amide bonds. The molecule has 1 atom stereocenters. The van der Waals surface area contributed by atoms with Gasteiger partial charge in [-0.15, -0.1) is 0 Å². The molecular formula is C11H20F2N2O. The van der Waals surface area contributed by atoms with E-state index in [-0.39, 0.29) is 0 Å². The van der Waals surface area contributed by atoms with Crippen LogP contribution in [0, 0.1) is 5.92 Å². The quantitative estimate of drug-likeness (QED) is 0.693. The van der Waals surface area contributed by atoms with Crippen molar-refractivity contribution < 1.29 is 13.5 Å². The highest BCUT2D eigenvalue weighted by molar-refractivity contribution is 4.91. The van der Waals surface area contributed by atoms with E-state index < -0.39 is 13.0 Å². The van der Waals surface area contributed by atoms with E-state index in [1.54, 1.807) is 0 Å². The summed E-state index contributed by atoms with van der Waals surface area (Å²) in [5.74, 6) is 0.852. The summed E-state index contributed by atoms with van der Waals surface area (Å²) in [4.78, 5) is 2.31. The number of nitrogens with one attached hydrogen (secondary N) is 1. The maximum absolute atomic E-state index is 11.8. The first-order chi connectivity index (χ1) is 7.75. The minimum absolute atomic E-state index is 0.418. The molecule has 2 aliphatic rings. The van der Waals surface area contributed by atoms with Crippen LogP contribution in [0.15, 0.2) is 0 Å². The van der Waals surface area contributed by atoms with Crippen molar-refractivity contribution in [2.24, 2.45) is 5.92 Å². The molecular weight excluding hydrogens is 214 g/mol. The van der Waals surface area contributed by atoms with Crippen LogP contribution in [-0.4, -0.2) is 56.8 Å². The van der Waals surface area contributed by atoms with Gasteiger partial charge in [0.2, 0.25) is 0 Å². The van der Waals surface area contributed by atoms with Gasteiger partial charge >= 0.3 is 0 Å². The Balaban J connectivity index is 1.57. The molecule has 1 saturated heterocycles. The lowest BCUT2D eigenvalue weighted by molar-refractivity contribution is 0.00721. The van der Waals surface area contributed by atoms with Gasteiger partial charge in [-0.05, 0) is 18.8 Å². The lowest BCUT2D eigenvalue weighted by Crippen LogP contribution is -2.52. The van der Waals surface area contributed by atoms with Crippen molar-refractivity contribution in [1.82, 2.24) is 10.2 Å². The van der Waals surface area contributed by atoms with Crippen LogP contribution in [-0.2, 0) is 4.74 Å². The number of halogens is 2. The van der Waals surface area contributed by atoms with Gasteiger partial charge in [0.25, 0.3) is 6.43 Å². The molecule has 0 aromatic heterocycles. The number of alkyl halides is 2. The summed E-state index contributed by atoms with van der Waals surface area (Å²) < 4.78 is 28.6. The van der Waals surface area contributed by atoms with E-state index in [9.17, 15) is 8.78 Å². The van der Waals surface area contributed by atoms with Crippen molar-refractivity contribution in [1.29, 1.82) is 0 Å². The molecule has 94 valence electrons. The summed E-state index contributed by atoms with van der Waals surface area (Å²) in [6, 6.07) is 0.615. The normalized spacial score (nSPS) is 27.6. The zero-order valence-electron chi connectivity index (χ0n) is 9.50. The third-order valence-corrected chi connectivity index (χ3v) is 3.28. The molecule has 1 aliphatic carbocycles. The van der Waals surface area contributed by atoms with Gasteiger partial charge in [0.15, 0.2) is 0 Å². The minimum atomic E-state index is -2.35. The Bertz CT molecular complexity index is 212. The predicted octanol–water partition coefficient (Wildman–Crippen LogP) is 0.952. The molecule has 3 nitrogen and oxygen atoms in total. The molecule has 1 unspecified atom stereocenters. The SMILES string of the molecule is FC(F)COCCN1CCNC(C2CC2)C1. The van der Waals surface area contributed by atoms with Gasteiger partial charge in [-0.1, -0.05) is 0 Å². The van der Waals surface area contributed by atoms with Crippen LogP contribution < -0.4 is 5.32 Å². The lowest BCUT2D eigenvalue weighted by Gasteiger charge is -2.33. The maximum atomic E-state index is 11.8. The number of hydrogen-bond donors (Lipinski definition) is 1. The molecule has 1 N–H and O–H groups in total. The van der Waals surface area contributed by atoms with E-state index in [0.717, 1.165) is 32.1 Å². The van der Waals surface area contributed by atoms with E-state index in [1.165, 1.54) is 12.8 Å². The van der Waals surface area contributed by atoms with Crippen molar-refractivity contribution >= 4 is 0 Å². The second-order valence-corrected chi connectivity index (χ2v) is 4.66. The van der Waals surface area contributed by atoms with Gasteiger partial charge in [-0.3, -0.25) is 4.90 Å². The molecule has 0 bridgehead atoms.